The Bertz CT molecular complexity index is 318. The Hall–Kier alpha value is -0.120. The highest BCUT2D eigenvalue weighted by Crippen LogP contribution is 2.50. The van der Waals surface area contributed by atoms with Crippen molar-refractivity contribution in [3.63, 3.8) is 0 Å². The molecule has 0 heterocycles. The van der Waals surface area contributed by atoms with Crippen LogP contribution in [0.5, 0.6) is 0 Å². The SMILES string of the molecule is COCC(CN)(C1CC1)N(C)CC1CC2CCC1C2. The van der Waals surface area contributed by atoms with E-state index in [2.05, 4.69) is 11.9 Å². The van der Waals surface area contributed by atoms with E-state index in [1.807, 2.05) is 7.11 Å². The first kappa shape index (κ1) is 13.8. The van der Waals surface area contributed by atoms with E-state index in [1.165, 1.54) is 45.1 Å². The lowest BCUT2D eigenvalue weighted by molar-refractivity contribution is 0.00224. The zero-order chi connectivity index (χ0) is 13.5. The van der Waals surface area contributed by atoms with Gasteiger partial charge in [-0.15, -0.1) is 0 Å². The van der Waals surface area contributed by atoms with Crippen LogP contribution in [0.25, 0.3) is 0 Å². The van der Waals surface area contributed by atoms with Crippen LogP contribution >= 0.6 is 0 Å². The van der Waals surface area contributed by atoms with E-state index in [-0.39, 0.29) is 5.54 Å². The minimum absolute atomic E-state index is 0.108. The topological polar surface area (TPSA) is 38.5 Å². The summed E-state index contributed by atoms with van der Waals surface area (Å²) < 4.78 is 5.53. The highest BCUT2D eigenvalue weighted by molar-refractivity contribution is 5.04. The molecule has 3 saturated carbocycles. The predicted molar refractivity (Wildman–Crippen MR) is 78.0 cm³/mol. The second-order valence-electron chi connectivity index (χ2n) is 7.33. The van der Waals surface area contributed by atoms with Gasteiger partial charge in [0.25, 0.3) is 0 Å². The highest BCUT2D eigenvalue weighted by Gasteiger charge is 2.49. The van der Waals surface area contributed by atoms with Crippen molar-refractivity contribution in [1.29, 1.82) is 0 Å². The van der Waals surface area contributed by atoms with E-state index in [9.17, 15) is 0 Å². The quantitative estimate of drug-likeness (QED) is 0.767. The second-order valence-corrected chi connectivity index (χ2v) is 7.33. The fourth-order valence-electron chi connectivity index (χ4n) is 4.93. The Morgan fingerprint density at radius 1 is 1.21 bits per heavy atom. The van der Waals surface area contributed by atoms with Gasteiger partial charge in [-0.25, -0.2) is 0 Å². The molecule has 19 heavy (non-hydrogen) atoms. The summed E-state index contributed by atoms with van der Waals surface area (Å²) in [6.45, 7) is 2.77. The monoisotopic (exact) mass is 266 g/mol. The van der Waals surface area contributed by atoms with Crippen LogP contribution in [0.2, 0.25) is 0 Å². The maximum Gasteiger partial charge on any atom is 0.0661 e. The van der Waals surface area contributed by atoms with Gasteiger partial charge in [0.05, 0.1) is 12.1 Å². The van der Waals surface area contributed by atoms with Crippen molar-refractivity contribution in [2.45, 2.75) is 44.1 Å². The molecule has 110 valence electrons. The number of hydrogen-bond donors (Lipinski definition) is 1. The van der Waals surface area contributed by atoms with Gasteiger partial charge in [0.15, 0.2) is 0 Å². The van der Waals surface area contributed by atoms with Crippen molar-refractivity contribution in [1.82, 2.24) is 4.90 Å². The lowest BCUT2D eigenvalue weighted by Crippen LogP contribution is -2.58. The van der Waals surface area contributed by atoms with Crippen LogP contribution in [0.1, 0.15) is 38.5 Å². The lowest BCUT2D eigenvalue weighted by Gasteiger charge is -2.43. The summed E-state index contributed by atoms with van der Waals surface area (Å²) in [7, 11) is 4.11. The number of fused-ring (bicyclic) bond motifs is 2. The first-order chi connectivity index (χ1) is 9.19. The summed E-state index contributed by atoms with van der Waals surface area (Å²) >= 11 is 0. The summed E-state index contributed by atoms with van der Waals surface area (Å²) in [6.07, 6.45) is 8.61. The third-order valence-electron chi connectivity index (χ3n) is 6.24. The molecule has 0 aliphatic heterocycles. The molecule has 3 aliphatic carbocycles. The number of methoxy groups -OCH3 is 1. The van der Waals surface area contributed by atoms with E-state index in [0.29, 0.717) is 0 Å². The van der Waals surface area contributed by atoms with Crippen molar-refractivity contribution >= 4 is 0 Å². The summed E-state index contributed by atoms with van der Waals surface area (Å²) in [5.41, 5.74) is 6.27. The van der Waals surface area contributed by atoms with Crippen molar-refractivity contribution in [2.75, 3.05) is 33.9 Å². The summed E-state index contributed by atoms with van der Waals surface area (Å²) in [4.78, 5) is 2.57. The van der Waals surface area contributed by atoms with Gasteiger partial charge >= 0.3 is 0 Å². The molecule has 4 unspecified atom stereocenters. The molecule has 3 nitrogen and oxygen atoms in total. The number of nitrogens with zero attached hydrogens (tertiary/aromatic N) is 1. The standard InChI is InChI=1S/C16H30N2O/c1-18(9-14-8-12-3-4-13(14)7-12)16(10-17,11-19-2)15-5-6-15/h12-15H,3-11,17H2,1-2H3. The van der Waals surface area contributed by atoms with Gasteiger partial charge in [0, 0.05) is 20.2 Å². The minimum atomic E-state index is 0.108. The maximum atomic E-state index is 6.16. The molecule has 0 radical (unpaired) electrons. The average molecular weight is 266 g/mol. The molecule has 2 bridgehead atoms. The summed E-state index contributed by atoms with van der Waals surface area (Å²) in [5, 5.41) is 0. The Labute approximate surface area is 117 Å². The van der Waals surface area contributed by atoms with Gasteiger partial charge in [0.1, 0.15) is 0 Å². The van der Waals surface area contributed by atoms with Crippen molar-refractivity contribution in [2.24, 2.45) is 29.4 Å². The average Bonchev–Trinajstić information content (AvgIpc) is 3.06. The molecule has 0 aromatic rings. The lowest BCUT2D eigenvalue weighted by atomic mass is 9.85. The minimum Gasteiger partial charge on any atom is -0.383 e. The number of nitrogens with two attached hydrogens (primary N) is 1. The molecule has 0 aromatic heterocycles. The number of ether oxygens (including phenoxy) is 1. The normalized spacial score (nSPS) is 36.9. The molecule has 0 aromatic carbocycles. The van der Waals surface area contributed by atoms with E-state index < -0.39 is 0 Å². The Morgan fingerprint density at radius 2 is 2.00 bits per heavy atom. The number of likely N-dealkylation sites (N-methyl/N-ethyl adjacent to an activating group) is 1. The van der Waals surface area contributed by atoms with Crippen LogP contribution in [-0.4, -0.2) is 44.3 Å². The molecular formula is C16H30N2O. The smallest absolute Gasteiger partial charge is 0.0661 e. The van der Waals surface area contributed by atoms with Crippen LogP contribution < -0.4 is 5.73 Å². The number of hydrogen-bond acceptors (Lipinski definition) is 3. The first-order valence-corrected chi connectivity index (χ1v) is 8.10. The molecular weight excluding hydrogens is 236 g/mol. The summed E-state index contributed by atoms with van der Waals surface area (Å²) in [6, 6.07) is 0. The zero-order valence-corrected chi connectivity index (χ0v) is 12.6. The number of rotatable bonds is 7. The van der Waals surface area contributed by atoms with Crippen molar-refractivity contribution in [3.05, 3.63) is 0 Å². The van der Waals surface area contributed by atoms with Crippen molar-refractivity contribution < 1.29 is 4.74 Å². The van der Waals surface area contributed by atoms with Gasteiger partial charge < -0.3 is 10.5 Å². The molecule has 2 N–H and O–H groups in total. The molecule has 3 heteroatoms. The third-order valence-corrected chi connectivity index (χ3v) is 6.24. The highest BCUT2D eigenvalue weighted by atomic mass is 16.5. The van der Waals surface area contributed by atoms with E-state index in [4.69, 9.17) is 10.5 Å². The Morgan fingerprint density at radius 3 is 2.47 bits per heavy atom. The second kappa shape index (κ2) is 5.34. The molecule has 0 amide bonds. The zero-order valence-electron chi connectivity index (χ0n) is 12.6. The van der Waals surface area contributed by atoms with Gasteiger partial charge in [-0.05, 0) is 62.8 Å². The van der Waals surface area contributed by atoms with E-state index >= 15 is 0 Å². The van der Waals surface area contributed by atoms with Crippen LogP contribution in [0, 0.1) is 23.7 Å². The van der Waals surface area contributed by atoms with E-state index in [0.717, 1.165) is 36.8 Å². The predicted octanol–water partition coefficient (Wildman–Crippen LogP) is 2.11. The third kappa shape index (κ3) is 2.45. The molecule has 3 fully saturated rings. The molecule has 0 spiro atoms. The van der Waals surface area contributed by atoms with Gasteiger partial charge in [-0.2, -0.15) is 0 Å². The Balaban J connectivity index is 1.65. The van der Waals surface area contributed by atoms with Crippen LogP contribution in [0.3, 0.4) is 0 Å². The van der Waals surface area contributed by atoms with Crippen LogP contribution in [0.4, 0.5) is 0 Å². The Kier molecular flexibility index (Phi) is 3.89. The largest absolute Gasteiger partial charge is 0.383 e. The molecule has 0 saturated heterocycles. The molecule has 4 atom stereocenters. The van der Waals surface area contributed by atoms with E-state index in [1.54, 1.807) is 0 Å². The van der Waals surface area contributed by atoms with Crippen LogP contribution in [0.15, 0.2) is 0 Å². The maximum absolute atomic E-state index is 6.16. The van der Waals surface area contributed by atoms with Crippen LogP contribution in [-0.2, 0) is 4.74 Å². The molecule has 3 aliphatic rings. The molecule has 3 rings (SSSR count). The summed E-state index contributed by atoms with van der Waals surface area (Å²) in [5.74, 6) is 3.73. The fraction of sp³-hybridized carbons (Fsp3) is 1.00. The van der Waals surface area contributed by atoms with Crippen molar-refractivity contribution in [3.8, 4) is 0 Å². The van der Waals surface area contributed by atoms with Gasteiger partial charge in [0.2, 0.25) is 0 Å². The van der Waals surface area contributed by atoms with Gasteiger partial charge in [-0.3, -0.25) is 4.90 Å². The first-order valence-electron chi connectivity index (χ1n) is 8.10. The van der Waals surface area contributed by atoms with Gasteiger partial charge in [-0.1, -0.05) is 6.42 Å². The fourth-order valence-corrected chi connectivity index (χ4v) is 4.93.